The number of anilines is 1. The number of rotatable bonds is 7. The predicted octanol–water partition coefficient (Wildman–Crippen LogP) is 2.70. The van der Waals surface area contributed by atoms with Gasteiger partial charge in [0.05, 0.1) is 13.7 Å². The van der Waals surface area contributed by atoms with Crippen molar-refractivity contribution in [2.24, 2.45) is 0 Å². The van der Waals surface area contributed by atoms with E-state index in [1.165, 1.54) is 18.0 Å². The van der Waals surface area contributed by atoms with E-state index in [1.54, 1.807) is 20.2 Å². The molecule has 0 radical (unpaired) electrons. The maximum absolute atomic E-state index is 12.0. The van der Waals surface area contributed by atoms with Gasteiger partial charge in [-0.25, -0.2) is 19.7 Å². The van der Waals surface area contributed by atoms with Crippen LogP contribution in [0, 0.1) is 6.92 Å². The number of pyridine rings is 1. The molecular weight excluding hydrogens is 328 g/mol. The van der Waals surface area contributed by atoms with Gasteiger partial charge in [0, 0.05) is 24.5 Å². The van der Waals surface area contributed by atoms with Gasteiger partial charge in [0.2, 0.25) is 5.88 Å². The number of esters is 1. The number of ether oxygens (including phenoxy) is 2. The summed E-state index contributed by atoms with van der Waals surface area (Å²) in [5.74, 6) is 0.593. The average molecular weight is 348 g/mol. The Morgan fingerprint density at radius 1 is 1.33 bits per heavy atom. The Hall–Kier alpha value is -2.35. The number of carbonyl (C=O) groups excluding carboxylic acids is 1. The molecule has 2 aromatic heterocycles. The number of methoxy groups -OCH3 is 1. The lowest BCUT2D eigenvalue weighted by Crippen LogP contribution is -2.13. The lowest BCUT2D eigenvalue weighted by Gasteiger charge is -2.12. The van der Waals surface area contributed by atoms with Gasteiger partial charge < -0.3 is 14.8 Å². The molecule has 0 aliphatic carbocycles. The van der Waals surface area contributed by atoms with Crippen LogP contribution in [0.5, 0.6) is 5.88 Å². The van der Waals surface area contributed by atoms with E-state index in [1.807, 2.05) is 19.2 Å². The molecule has 0 amide bonds. The van der Waals surface area contributed by atoms with Crippen LogP contribution in [0.1, 0.15) is 28.4 Å². The SMILES string of the molecule is CCOC(=O)c1cnc(SC)nc1NCc1cnc(OC)c(C)c1. The summed E-state index contributed by atoms with van der Waals surface area (Å²) in [5, 5.41) is 3.74. The van der Waals surface area contributed by atoms with Crippen LogP contribution in [-0.2, 0) is 11.3 Å². The van der Waals surface area contributed by atoms with Gasteiger partial charge in [0.1, 0.15) is 11.4 Å². The first-order chi connectivity index (χ1) is 11.6. The van der Waals surface area contributed by atoms with E-state index >= 15 is 0 Å². The summed E-state index contributed by atoms with van der Waals surface area (Å²) in [6.45, 7) is 4.45. The molecule has 0 aliphatic rings. The van der Waals surface area contributed by atoms with E-state index in [4.69, 9.17) is 9.47 Å². The molecule has 7 nitrogen and oxygen atoms in total. The molecule has 2 heterocycles. The molecule has 8 heteroatoms. The highest BCUT2D eigenvalue weighted by Crippen LogP contribution is 2.20. The van der Waals surface area contributed by atoms with Gasteiger partial charge in [-0.2, -0.15) is 0 Å². The minimum absolute atomic E-state index is 0.296. The molecule has 2 rings (SSSR count). The van der Waals surface area contributed by atoms with E-state index in [0.717, 1.165) is 11.1 Å². The Morgan fingerprint density at radius 2 is 2.12 bits per heavy atom. The molecule has 0 aromatic carbocycles. The van der Waals surface area contributed by atoms with Crippen LogP contribution >= 0.6 is 11.8 Å². The second-order valence-electron chi connectivity index (χ2n) is 4.86. The van der Waals surface area contributed by atoms with Crippen LogP contribution in [0.3, 0.4) is 0 Å². The summed E-state index contributed by atoms with van der Waals surface area (Å²) in [5.41, 5.74) is 2.20. The zero-order valence-electron chi connectivity index (χ0n) is 14.1. The number of nitrogens with one attached hydrogen (secondary N) is 1. The highest BCUT2D eigenvalue weighted by molar-refractivity contribution is 7.98. The van der Waals surface area contributed by atoms with Crippen molar-refractivity contribution in [2.45, 2.75) is 25.5 Å². The van der Waals surface area contributed by atoms with Gasteiger partial charge >= 0.3 is 5.97 Å². The van der Waals surface area contributed by atoms with E-state index < -0.39 is 5.97 Å². The fourth-order valence-corrected chi connectivity index (χ4v) is 2.41. The normalized spacial score (nSPS) is 10.3. The Morgan fingerprint density at radius 3 is 2.75 bits per heavy atom. The largest absolute Gasteiger partial charge is 0.481 e. The van der Waals surface area contributed by atoms with Crippen LogP contribution in [0.25, 0.3) is 0 Å². The maximum atomic E-state index is 12.0. The minimum atomic E-state index is -0.448. The maximum Gasteiger partial charge on any atom is 0.343 e. The number of hydrogen-bond donors (Lipinski definition) is 1. The van der Waals surface area contributed by atoms with E-state index in [0.29, 0.717) is 35.6 Å². The van der Waals surface area contributed by atoms with Crippen LogP contribution in [0.4, 0.5) is 5.82 Å². The third-order valence-electron chi connectivity index (χ3n) is 3.18. The van der Waals surface area contributed by atoms with Gasteiger partial charge in [-0.05, 0) is 31.7 Å². The van der Waals surface area contributed by atoms with Crippen LogP contribution in [0.2, 0.25) is 0 Å². The first kappa shape index (κ1) is 18.0. The summed E-state index contributed by atoms with van der Waals surface area (Å²) in [6, 6.07) is 1.97. The Kier molecular flexibility index (Phi) is 6.36. The van der Waals surface area contributed by atoms with Crippen molar-refractivity contribution in [1.29, 1.82) is 0 Å². The molecular formula is C16H20N4O3S. The highest BCUT2D eigenvalue weighted by Gasteiger charge is 2.16. The van der Waals surface area contributed by atoms with E-state index in [9.17, 15) is 4.79 Å². The van der Waals surface area contributed by atoms with Crippen LogP contribution in [-0.4, -0.2) is 40.9 Å². The third kappa shape index (κ3) is 4.35. The Labute approximate surface area is 145 Å². The average Bonchev–Trinajstić information content (AvgIpc) is 2.60. The van der Waals surface area contributed by atoms with Crippen LogP contribution < -0.4 is 10.1 Å². The molecule has 0 atom stereocenters. The molecule has 0 saturated carbocycles. The number of hydrogen-bond acceptors (Lipinski definition) is 8. The summed E-state index contributed by atoms with van der Waals surface area (Å²) >= 11 is 1.40. The first-order valence-corrected chi connectivity index (χ1v) is 8.63. The van der Waals surface area contributed by atoms with Crippen LogP contribution in [0.15, 0.2) is 23.6 Å². The lowest BCUT2D eigenvalue weighted by molar-refractivity contribution is 0.0526. The molecule has 1 N–H and O–H groups in total. The number of nitrogens with zero attached hydrogens (tertiary/aromatic N) is 3. The first-order valence-electron chi connectivity index (χ1n) is 7.40. The van der Waals surface area contributed by atoms with E-state index in [-0.39, 0.29) is 0 Å². The number of aryl methyl sites for hydroxylation is 1. The summed E-state index contributed by atoms with van der Waals surface area (Å²) in [4.78, 5) is 24.8. The van der Waals surface area contributed by atoms with E-state index in [2.05, 4.69) is 20.3 Å². The zero-order valence-corrected chi connectivity index (χ0v) is 14.9. The van der Waals surface area contributed by atoms with Gasteiger partial charge in [-0.1, -0.05) is 11.8 Å². The molecule has 0 aliphatic heterocycles. The quantitative estimate of drug-likeness (QED) is 0.464. The Balaban J connectivity index is 2.21. The van der Waals surface area contributed by atoms with Gasteiger partial charge in [0.15, 0.2) is 5.16 Å². The topological polar surface area (TPSA) is 86.2 Å². The fraction of sp³-hybridized carbons (Fsp3) is 0.375. The summed E-state index contributed by atoms with van der Waals surface area (Å²) < 4.78 is 10.2. The molecule has 24 heavy (non-hydrogen) atoms. The second-order valence-corrected chi connectivity index (χ2v) is 5.64. The van der Waals surface area contributed by atoms with Crippen molar-refractivity contribution < 1.29 is 14.3 Å². The second kappa shape index (κ2) is 8.49. The number of thioether (sulfide) groups is 1. The molecule has 0 unspecified atom stereocenters. The summed E-state index contributed by atoms with van der Waals surface area (Å²) in [6.07, 6.45) is 5.08. The Bertz CT molecular complexity index is 724. The van der Waals surface area contributed by atoms with Crippen molar-refractivity contribution in [3.05, 3.63) is 35.2 Å². The van der Waals surface area contributed by atoms with Crippen molar-refractivity contribution in [1.82, 2.24) is 15.0 Å². The summed E-state index contributed by atoms with van der Waals surface area (Å²) in [7, 11) is 1.59. The highest BCUT2D eigenvalue weighted by atomic mass is 32.2. The van der Waals surface area contributed by atoms with Crippen molar-refractivity contribution in [3.63, 3.8) is 0 Å². The lowest BCUT2D eigenvalue weighted by atomic mass is 10.2. The monoisotopic (exact) mass is 348 g/mol. The standard InChI is InChI=1S/C16H20N4O3S/c1-5-23-15(21)12-9-19-16(24-4)20-13(12)17-7-11-6-10(2)14(22-3)18-8-11/h6,8-9H,5,7H2,1-4H3,(H,17,19,20). The van der Waals surface area contributed by atoms with Crippen molar-refractivity contribution >= 4 is 23.5 Å². The number of aromatic nitrogens is 3. The molecule has 0 saturated heterocycles. The molecule has 2 aromatic rings. The smallest absolute Gasteiger partial charge is 0.343 e. The fourth-order valence-electron chi connectivity index (χ4n) is 2.07. The molecule has 0 fully saturated rings. The predicted molar refractivity (Wildman–Crippen MR) is 92.6 cm³/mol. The third-order valence-corrected chi connectivity index (χ3v) is 3.75. The van der Waals surface area contributed by atoms with Crippen molar-refractivity contribution in [3.8, 4) is 5.88 Å². The van der Waals surface area contributed by atoms with Crippen molar-refractivity contribution in [2.75, 3.05) is 25.3 Å². The molecule has 128 valence electrons. The zero-order chi connectivity index (χ0) is 17.5. The molecule has 0 bridgehead atoms. The number of carbonyl (C=O) groups is 1. The molecule has 0 spiro atoms. The van der Waals surface area contributed by atoms with Gasteiger partial charge in [-0.15, -0.1) is 0 Å². The minimum Gasteiger partial charge on any atom is -0.481 e. The van der Waals surface area contributed by atoms with Gasteiger partial charge in [-0.3, -0.25) is 0 Å². The van der Waals surface area contributed by atoms with Gasteiger partial charge in [0.25, 0.3) is 0 Å².